The van der Waals surface area contributed by atoms with Gasteiger partial charge >= 0.3 is 6.18 Å². The van der Waals surface area contributed by atoms with Gasteiger partial charge in [-0.2, -0.15) is 13.2 Å². The minimum Gasteiger partial charge on any atom is -0.454 e. The van der Waals surface area contributed by atoms with Crippen molar-refractivity contribution in [3.8, 4) is 22.8 Å². The van der Waals surface area contributed by atoms with Crippen molar-refractivity contribution in [1.29, 1.82) is 0 Å². The standard InChI is InChI=1S/C25H20F3N3O3/c26-25(27,28)16-8-3-7-15(13-16)19-11-12-20(33-19)22-21(23(29)34-31-22)24(32)30-18-10-4-6-14-5-1-2-9-17(14)18/h1-3,5,7-9,11-13,18H,4,6,10,29H2,(H,30,32). The molecule has 9 heteroatoms. The van der Waals surface area contributed by atoms with Crippen molar-refractivity contribution in [2.24, 2.45) is 0 Å². The number of benzene rings is 2. The highest BCUT2D eigenvalue weighted by Crippen LogP contribution is 2.36. The van der Waals surface area contributed by atoms with Gasteiger partial charge in [0.2, 0.25) is 5.88 Å². The van der Waals surface area contributed by atoms with Crippen LogP contribution in [0.4, 0.5) is 19.1 Å². The molecule has 3 N–H and O–H groups in total. The molecule has 4 aromatic rings. The van der Waals surface area contributed by atoms with Gasteiger partial charge in [-0.05, 0) is 54.7 Å². The SMILES string of the molecule is Nc1onc(-c2ccc(-c3cccc(C(F)(F)F)c3)o2)c1C(=O)NC1CCCc2ccccc21. The third-order valence-corrected chi connectivity index (χ3v) is 5.93. The van der Waals surface area contributed by atoms with Crippen LogP contribution in [0.15, 0.2) is 69.6 Å². The Bertz CT molecular complexity index is 1360. The molecule has 0 saturated carbocycles. The lowest BCUT2D eigenvalue weighted by Gasteiger charge is -2.26. The average molecular weight is 467 g/mol. The van der Waals surface area contributed by atoms with Gasteiger partial charge in [0.1, 0.15) is 11.3 Å². The topological polar surface area (TPSA) is 94.3 Å². The van der Waals surface area contributed by atoms with Crippen LogP contribution in [0.5, 0.6) is 0 Å². The molecule has 1 aliphatic carbocycles. The Labute approximate surface area is 192 Å². The number of hydrogen-bond donors (Lipinski definition) is 2. The summed E-state index contributed by atoms with van der Waals surface area (Å²) < 4.78 is 50.0. The lowest BCUT2D eigenvalue weighted by molar-refractivity contribution is -0.137. The molecule has 1 unspecified atom stereocenters. The highest BCUT2D eigenvalue weighted by molar-refractivity contribution is 6.03. The van der Waals surface area contributed by atoms with Crippen molar-refractivity contribution >= 4 is 11.8 Å². The van der Waals surface area contributed by atoms with E-state index in [9.17, 15) is 18.0 Å². The summed E-state index contributed by atoms with van der Waals surface area (Å²) in [5.41, 5.74) is 7.71. The highest BCUT2D eigenvalue weighted by atomic mass is 19.4. The molecule has 1 aliphatic rings. The third kappa shape index (κ3) is 4.05. The molecule has 2 aromatic heterocycles. The van der Waals surface area contributed by atoms with Gasteiger partial charge in [-0.3, -0.25) is 4.79 Å². The van der Waals surface area contributed by atoms with E-state index in [1.165, 1.54) is 29.8 Å². The van der Waals surface area contributed by atoms with E-state index in [0.29, 0.717) is 0 Å². The molecule has 34 heavy (non-hydrogen) atoms. The summed E-state index contributed by atoms with van der Waals surface area (Å²) in [6.45, 7) is 0. The second-order valence-corrected chi connectivity index (χ2v) is 8.13. The fourth-order valence-electron chi connectivity index (χ4n) is 4.29. The number of aryl methyl sites for hydroxylation is 1. The molecule has 0 spiro atoms. The van der Waals surface area contributed by atoms with Gasteiger partial charge in [0, 0.05) is 5.56 Å². The second kappa shape index (κ2) is 8.40. The molecule has 0 aliphatic heterocycles. The minimum absolute atomic E-state index is 0.0213. The van der Waals surface area contributed by atoms with Crippen LogP contribution in [0.25, 0.3) is 22.8 Å². The zero-order chi connectivity index (χ0) is 23.9. The summed E-state index contributed by atoms with van der Waals surface area (Å²) >= 11 is 0. The zero-order valence-electron chi connectivity index (χ0n) is 17.9. The van der Waals surface area contributed by atoms with Gasteiger partial charge in [-0.15, -0.1) is 0 Å². The Morgan fingerprint density at radius 1 is 1.06 bits per heavy atom. The van der Waals surface area contributed by atoms with E-state index in [2.05, 4.69) is 10.5 Å². The third-order valence-electron chi connectivity index (χ3n) is 5.93. The van der Waals surface area contributed by atoms with E-state index in [4.69, 9.17) is 14.7 Å². The first-order chi connectivity index (χ1) is 16.3. The molecule has 6 nitrogen and oxygen atoms in total. The molecule has 1 amide bonds. The molecule has 2 aromatic carbocycles. The Hall–Kier alpha value is -4.01. The van der Waals surface area contributed by atoms with Gasteiger partial charge in [0.05, 0.1) is 11.6 Å². The van der Waals surface area contributed by atoms with Crippen LogP contribution < -0.4 is 11.1 Å². The van der Waals surface area contributed by atoms with Crippen LogP contribution in [0.2, 0.25) is 0 Å². The predicted octanol–water partition coefficient (Wildman–Crippen LogP) is 6.01. The quantitative estimate of drug-likeness (QED) is 0.383. The molecule has 0 radical (unpaired) electrons. The molecule has 2 heterocycles. The van der Waals surface area contributed by atoms with Gasteiger partial charge in [-0.25, -0.2) is 0 Å². The minimum atomic E-state index is -4.48. The first-order valence-corrected chi connectivity index (χ1v) is 10.7. The highest BCUT2D eigenvalue weighted by Gasteiger charge is 2.31. The van der Waals surface area contributed by atoms with Crippen molar-refractivity contribution in [2.45, 2.75) is 31.5 Å². The van der Waals surface area contributed by atoms with Crippen molar-refractivity contribution in [2.75, 3.05) is 5.73 Å². The number of fused-ring (bicyclic) bond motifs is 1. The number of hydrogen-bond acceptors (Lipinski definition) is 5. The monoisotopic (exact) mass is 467 g/mol. The number of rotatable bonds is 4. The van der Waals surface area contributed by atoms with E-state index in [1.54, 1.807) is 0 Å². The van der Waals surface area contributed by atoms with Crippen molar-refractivity contribution < 1.29 is 26.9 Å². The number of nitrogens with two attached hydrogens (primary N) is 1. The molecule has 5 rings (SSSR count). The number of alkyl halides is 3. The maximum absolute atomic E-state index is 13.2. The maximum Gasteiger partial charge on any atom is 0.416 e. The fourth-order valence-corrected chi connectivity index (χ4v) is 4.29. The number of aromatic nitrogens is 1. The van der Waals surface area contributed by atoms with E-state index in [1.807, 2.05) is 24.3 Å². The maximum atomic E-state index is 13.2. The van der Waals surface area contributed by atoms with E-state index in [-0.39, 0.29) is 40.3 Å². The first-order valence-electron chi connectivity index (χ1n) is 10.7. The normalized spacial score (nSPS) is 15.7. The summed E-state index contributed by atoms with van der Waals surface area (Å²) in [6.07, 6.45) is -1.81. The van der Waals surface area contributed by atoms with Crippen LogP contribution in [-0.4, -0.2) is 11.1 Å². The molecule has 0 saturated heterocycles. The number of amides is 1. The Balaban J connectivity index is 1.43. The summed E-state index contributed by atoms with van der Waals surface area (Å²) in [4.78, 5) is 13.2. The molecular weight excluding hydrogens is 447 g/mol. The van der Waals surface area contributed by atoms with E-state index < -0.39 is 17.6 Å². The summed E-state index contributed by atoms with van der Waals surface area (Å²) in [5.74, 6) is -0.293. The Morgan fingerprint density at radius 2 is 1.85 bits per heavy atom. The number of anilines is 1. The Morgan fingerprint density at radius 3 is 2.68 bits per heavy atom. The van der Waals surface area contributed by atoms with Crippen LogP contribution in [0.1, 0.15) is 45.9 Å². The second-order valence-electron chi connectivity index (χ2n) is 8.13. The lowest BCUT2D eigenvalue weighted by atomic mass is 9.87. The smallest absolute Gasteiger partial charge is 0.416 e. The average Bonchev–Trinajstić information content (AvgIpc) is 3.46. The van der Waals surface area contributed by atoms with Crippen LogP contribution in [-0.2, 0) is 12.6 Å². The summed E-state index contributed by atoms with van der Waals surface area (Å²) in [7, 11) is 0. The van der Waals surface area contributed by atoms with Gasteiger partial charge in [-0.1, -0.05) is 41.6 Å². The molecule has 0 fully saturated rings. The lowest BCUT2D eigenvalue weighted by Crippen LogP contribution is -2.31. The summed E-state index contributed by atoms with van der Waals surface area (Å²) in [5, 5.41) is 6.88. The van der Waals surface area contributed by atoms with Crippen LogP contribution in [0.3, 0.4) is 0 Å². The van der Waals surface area contributed by atoms with Crippen molar-refractivity contribution in [3.05, 3.63) is 82.9 Å². The number of carbonyl (C=O) groups is 1. The van der Waals surface area contributed by atoms with Crippen LogP contribution >= 0.6 is 0 Å². The van der Waals surface area contributed by atoms with E-state index >= 15 is 0 Å². The number of furan rings is 1. The van der Waals surface area contributed by atoms with Gasteiger partial charge in [0.15, 0.2) is 11.5 Å². The largest absolute Gasteiger partial charge is 0.454 e. The Kier molecular flexibility index (Phi) is 5.39. The number of nitrogen functional groups attached to an aromatic ring is 1. The van der Waals surface area contributed by atoms with Crippen molar-refractivity contribution in [1.82, 2.24) is 10.5 Å². The zero-order valence-corrected chi connectivity index (χ0v) is 17.9. The van der Waals surface area contributed by atoms with Crippen LogP contribution in [0, 0.1) is 0 Å². The molecular formula is C25H20F3N3O3. The number of nitrogens with one attached hydrogen (secondary N) is 1. The molecule has 1 atom stereocenters. The number of carbonyl (C=O) groups excluding carboxylic acids is 1. The first kappa shape index (κ1) is 21.8. The molecule has 0 bridgehead atoms. The van der Waals surface area contributed by atoms with E-state index in [0.717, 1.165) is 37.0 Å². The predicted molar refractivity (Wildman–Crippen MR) is 119 cm³/mol. The fraction of sp³-hybridized carbons (Fsp3) is 0.200. The van der Waals surface area contributed by atoms with Gasteiger partial charge in [0.25, 0.3) is 5.91 Å². The van der Waals surface area contributed by atoms with Crippen molar-refractivity contribution in [3.63, 3.8) is 0 Å². The number of nitrogens with zero attached hydrogens (tertiary/aromatic N) is 1. The number of halogens is 3. The van der Waals surface area contributed by atoms with Gasteiger partial charge < -0.3 is 20.0 Å². The summed E-state index contributed by atoms with van der Waals surface area (Å²) in [6, 6.07) is 15.6. The molecule has 174 valence electrons.